The smallest absolute Gasteiger partial charge is 0.168 e. The second-order valence-corrected chi connectivity index (χ2v) is 4.33. The molecule has 0 fully saturated rings. The van der Waals surface area contributed by atoms with E-state index in [1.165, 1.54) is 6.20 Å². The zero-order valence-electron chi connectivity index (χ0n) is 10.9. The Morgan fingerprint density at radius 3 is 2.74 bits per heavy atom. The molecule has 100 valence electrons. The molecule has 0 saturated heterocycles. The molecule has 2 rings (SSSR count). The van der Waals surface area contributed by atoms with Crippen LogP contribution in [0.4, 0.5) is 4.39 Å². The Kier molecular flexibility index (Phi) is 4.12. The van der Waals surface area contributed by atoms with Gasteiger partial charge in [0.05, 0.1) is 18.0 Å². The van der Waals surface area contributed by atoms with Crippen LogP contribution in [0.25, 0.3) is 0 Å². The number of halogens is 1. The van der Waals surface area contributed by atoms with Crippen LogP contribution in [0.5, 0.6) is 11.5 Å². The van der Waals surface area contributed by atoms with Gasteiger partial charge in [-0.1, -0.05) is 19.1 Å². The van der Waals surface area contributed by atoms with E-state index in [1.54, 1.807) is 37.3 Å². The lowest BCUT2D eigenvalue weighted by Gasteiger charge is -2.10. The van der Waals surface area contributed by atoms with Crippen molar-refractivity contribution >= 4 is 0 Å². The minimum absolute atomic E-state index is 0.172. The molecule has 1 aromatic heterocycles. The summed E-state index contributed by atoms with van der Waals surface area (Å²) in [5.74, 6) is 0.238. The van der Waals surface area contributed by atoms with Gasteiger partial charge in [-0.2, -0.15) is 0 Å². The topological polar surface area (TPSA) is 42.4 Å². The summed E-state index contributed by atoms with van der Waals surface area (Å²) in [6, 6.07) is 8.33. The summed E-state index contributed by atoms with van der Waals surface area (Å²) in [5.41, 5.74) is 1.11. The Hall–Kier alpha value is -1.94. The average Bonchev–Trinajstić information content (AvgIpc) is 2.44. The lowest BCUT2D eigenvalue weighted by molar-refractivity contribution is 0.169. The van der Waals surface area contributed by atoms with Crippen LogP contribution in [0.2, 0.25) is 0 Å². The van der Waals surface area contributed by atoms with E-state index < -0.39 is 6.10 Å². The van der Waals surface area contributed by atoms with Crippen molar-refractivity contribution < 1.29 is 14.2 Å². The van der Waals surface area contributed by atoms with E-state index in [1.807, 2.05) is 6.92 Å². The van der Waals surface area contributed by atoms with Crippen molar-refractivity contribution in [1.82, 2.24) is 4.98 Å². The molecule has 19 heavy (non-hydrogen) atoms. The maximum atomic E-state index is 13.8. The molecule has 0 unspecified atom stereocenters. The predicted octanol–water partition coefficient (Wildman–Crippen LogP) is 3.76. The Morgan fingerprint density at radius 2 is 2.11 bits per heavy atom. The molecule has 1 N–H and O–H groups in total. The highest BCUT2D eigenvalue weighted by molar-refractivity contribution is 5.34. The lowest BCUT2D eigenvalue weighted by Crippen LogP contribution is -1.98. The third kappa shape index (κ3) is 3.09. The zero-order chi connectivity index (χ0) is 13.8. The largest absolute Gasteiger partial charge is 0.453 e. The standard InChI is InChI=1S/C15H16FNO2/c1-3-13(18)12-8-7-11(9-17-12)19-14-6-4-5-10(2)15(14)16/h4-9,13,18H,3H2,1-2H3/t13-/m0/s1. The summed E-state index contributed by atoms with van der Waals surface area (Å²) in [7, 11) is 0. The monoisotopic (exact) mass is 261 g/mol. The summed E-state index contributed by atoms with van der Waals surface area (Å²) in [4.78, 5) is 4.10. The fraction of sp³-hybridized carbons (Fsp3) is 0.267. The molecule has 1 atom stereocenters. The van der Waals surface area contributed by atoms with Gasteiger partial charge in [-0.25, -0.2) is 4.39 Å². The molecule has 0 aliphatic heterocycles. The molecule has 0 bridgehead atoms. The first-order valence-corrected chi connectivity index (χ1v) is 6.18. The number of ether oxygens (including phenoxy) is 1. The molecule has 0 spiro atoms. The Balaban J connectivity index is 2.18. The number of hydrogen-bond acceptors (Lipinski definition) is 3. The molecule has 0 aliphatic carbocycles. The molecule has 0 radical (unpaired) electrons. The van der Waals surface area contributed by atoms with Gasteiger partial charge >= 0.3 is 0 Å². The number of pyridine rings is 1. The number of aliphatic hydroxyl groups excluding tert-OH is 1. The van der Waals surface area contributed by atoms with Crippen LogP contribution in [0.1, 0.15) is 30.7 Å². The minimum atomic E-state index is -0.579. The maximum Gasteiger partial charge on any atom is 0.168 e. The third-order valence-electron chi connectivity index (χ3n) is 2.87. The predicted molar refractivity (Wildman–Crippen MR) is 70.7 cm³/mol. The van der Waals surface area contributed by atoms with E-state index in [-0.39, 0.29) is 11.6 Å². The number of rotatable bonds is 4. The van der Waals surface area contributed by atoms with E-state index in [0.717, 1.165) is 0 Å². The minimum Gasteiger partial charge on any atom is -0.453 e. The lowest BCUT2D eigenvalue weighted by atomic mass is 10.2. The Morgan fingerprint density at radius 1 is 1.32 bits per heavy atom. The number of aromatic nitrogens is 1. The van der Waals surface area contributed by atoms with Crippen LogP contribution in [-0.4, -0.2) is 10.1 Å². The van der Waals surface area contributed by atoms with Gasteiger partial charge < -0.3 is 9.84 Å². The molecule has 0 amide bonds. The number of aryl methyl sites for hydroxylation is 1. The van der Waals surface area contributed by atoms with E-state index in [2.05, 4.69) is 4.98 Å². The highest BCUT2D eigenvalue weighted by Crippen LogP contribution is 2.26. The second kappa shape index (κ2) is 5.80. The van der Waals surface area contributed by atoms with Gasteiger partial charge in [0.1, 0.15) is 5.75 Å². The first kappa shape index (κ1) is 13.5. The van der Waals surface area contributed by atoms with Crippen LogP contribution in [0.3, 0.4) is 0 Å². The van der Waals surface area contributed by atoms with E-state index in [0.29, 0.717) is 23.4 Å². The molecule has 3 nitrogen and oxygen atoms in total. The molecule has 4 heteroatoms. The first-order valence-electron chi connectivity index (χ1n) is 6.18. The van der Waals surface area contributed by atoms with E-state index >= 15 is 0 Å². The van der Waals surface area contributed by atoms with Gasteiger partial charge in [0.15, 0.2) is 11.6 Å². The van der Waals surface area contributed by atoms with E-state index in [4.69, 9.17) is 4.74 Å². The highest BCUT2D eigenvalue weighted by atomic mass is 19.1. The molecule has 0 aliphatic rings. The maximum absolute atomic E-state index is 13.8. The normalized spacial score (nSPS) is 12.2. The SMILES string of the molecule is CC[C@H](O)c1ccc(Oc2cccc(C)c2F)cn1. The first-order chi connectivity index (χ1) is 9.11. The quantitative estimate of drug-likeness (QED) is 0.911. The van der Waals surface area contributed by atoms with E-state index in [9.17, 15) is 9.50 Å². The molecule has 0 saturated carbocycles. The van der Waals surface area contributed by atoms with Gasteiger partial charge in [-0.3, -0.25) is 4.98 Å². The third-order valence-corrected chi connectivity index (χ3v) is 2.87. The van der Waals surface area contributed by atoms with Crippen molar-refractivity contribution in [1.29, 1.82) is 0 Å². The van der Waals surface area contributed by atoms with Crippen molar-refractivity contribution in [2.75, 3.05) is 0 Å². The van der Waals surface area contributed by atoms with Gasteiger partial charge in [0.25, 0.3) is 0 Å². The summed E-state index contributed by atoms with van der Waals surface area (Å²) in [6.07, 6.45) is 1.50. The molecule has 1 heterocycles. The molecule has 2 aromatic rings. The number of aliphatic hydroxyl groups is 1. The van der Waals surface area contributed by atoms with Gasteiger partial charge in [-0.15, -0.1) is 0 Å². The summed E-state index contributed by atoms with van der Waals surface area (Å²) in [5, 5.41) is 9.63. The Labute approximate surface area is 111 Å². The van der Waals surface area contributed by atoms with Crippen molar-refractivity contribution in [2.45, 2.75) is 26.4 Å². The fourth-order valence-electron chi connectivity index (χ4n) is 1.68. The molecule has 1 aromatic carbocycles. The van der Waals surface area contributed by atoms with Crippen LogP contribution in [-0.2, 0) is 0 Å². The van der Waals surface area contributed by atoms with Crippen LogP contribution in [0, 0.1) is 12.7 Å². The number of benzene rings is 1. The van der Waals surface area contributed by atoms with Crippen molar-refractivity contribution in [3.05, 3.63) is 53.6 Å². The average molecular weight is 261 g/mol. The highest BCUT2D eigenvalue weighted by Gasteiger charge is 2.09. The Bertz CT molecular complexity index is 555. The number of nitrogens with zero attached hydrogens (tertiary/aromatic N) is 1. The van der Waals surface area contributed by atoms with Crippen molar-refractivity contribution in [3.8, 4) is 11.5 Å². The summed E-state index contributed by atoms with van der Waals surface area (Å²) < 4.78 is 19.2. The summed E-state index contributed by atoms with van der Waals surface area (Å²) in [6.45, 7) is 3.56. The van der Waals surface area contributed by atoms with Gasteiger partial charge in [0.2, 0.25) is 0 Å². The van der Waals surface area contributed by atoms with Crippen molar-refractivity contribution in [3.63, 3.8) is 0 Å². The van der Waals surface area contributed by atoms with Crippen molar-refractivity contribution in [2.24, 2.45) is 0 Å². The second-order valence-electron chi connectivity index (χ2n) is 4.33. The molecular formula is C15H16FNO2. The fourth-order valence-corrected chi connectivity index (χ4v) is 1.68. The van der Waals surface area contributed by atoms with Crippen LogP contribution < -0.4 is 4.74 Å². The summed E-state index contributed by atoms with van der Waals surface area (Å²) >= 11 is 0. The van der Waals surface area contributed by atoms with Crippen LogP contribution >= 0.6 is 0 Å². The van der Waals surface area contributed by atoms with Gasteiger partial charge in [-0.05, 0) is 37.1 Å². The molecular weight excluding hydrogens is 245 g/mol. The zero-order valence-corrected chi connectivity index (χ0v) is 10.9. The number of hydrogen-bond donors (Lipinski definition) is 1. The van der Waals surface area contributed by atoms with Crippen LogP contribution in [0.15, 0.2) is 36.5 Å². The van der Waals surface area contributed by atoms with Gasteiger partial charge in [0, 0.05) is 0 Å².